The van der Waals surface area contributed by atoms with Crippen LogP contribution in [0.15, 0.2) is 0 Å². The van der Waals surface area contributed by atoms with Gasteiger partial charge in [-0.15, -0.1) is 0 Å². The monoisotopic (exact) mass is 323 g/mol. The van der Waals surface area contributed by atoms with E-state index in [9.17, 15) is 0 Å². The summed E-state index contributed by atoms with van der Waals surface area (Å²) in [5, 5.41) is 0. The molecule has 0 amide bonds. The summed E-state index contributed by atoms with van der Waals surface area (Å²) in [6, 6.07) is 0. The molecule has 0 aromatic rings. The van der Waals surface area contributed by atoms with E-state index in [0.29, 0.717) is 17.0 Å². The SMILES string of the molecule is CCC([SiH2]OC)N(C(CC)[SiH2]OC)C(CC)[SiH2]OC. The average molecular weight is 324 g/mol. The van der Waals surface area contributed by atoms with Gasteiger partial charge in [0.25, 0.3) is 0 Å². The fraction of sp³-hybridized carbons (Fsp3) is 1.00. The zero-order valence-corrected chi connectivity index (χ0v) is 17.9. The van der Waals surface area contributed by atoms with Gasteiger partial charge in [-0.3, -0.25) is 4.90 Å². The van der Waals surface area contributed by atoms with E-state index >= 15 is 0 Å². The van der Waals surface area contributed by atoms with Crippen LogP contribution in [0.25, 0.3) is 0 Å². The van der Waals surface area contributed by atoms with Crippen LogP contribution in [0, 0.1) is 0 Å². The molecule has 0 aromatic carbocycles. The molecule has 19 heavy (non-hydrogen) atoms. The summed E-state index contributed by atoms with van der Waals surface area (Å²) in [7, 11) is 4.10. The summed E-state index contributed by atoms with van der Waals surface area (Å²) in [5.74, 6) is 0. The number of nitrogens with zero attached hydrogens (tertiary/aromatic N) is 1. The molecule has 0 N–H and O–H groups in total. The Bertz CT molecular complexity index is 179. The van der Waals surface area contributed by atoms with Crippen LogP contribution in [0.1, 0.15) is 40.0 Å². The first-order chi connectivity index (χ1) is 9.19. The van der Waals surface area contributed by atoms with Crippen molar-refractivity contribution in [3.63, 3.8) is 0 Å². The summed E-state index contributed by atoms with van der Waals surface area (Å²) < 4.78 is 16.7. The molecular formula is C12H33NO3Si3. The largest absolute Gasteiger partial charge is 0.426 e. The zero-order valence-electron chi connectivity index (χ0n) is 13.6. The van der Waals surface area contributed by atoms with Gasteiger partial charge in [0.1, 0.15) is 0 Å². The summed E-state index contributed by atoms with van der Waals surface area (Å²) in [6.45, 7) is 6.85. The molecule has 0 aromatic heterocycles. The third-order valence-electron chi connectivity index (χ3n) is 3.76. The van der Waals surface area contributed by atoms with Crippen LogP contribution in [-0.2, 0) is 13.3 Å². The summed E-state index contributed by atoms with van der Waals surface area (Å²) in [5.41, 5.74) is 1.89. The predicted molar refractivity (Wildman–Crippen MR) is 90.7 cm³/mol. The van der Waals surface area contributed by atoms with Gasteiger partial charge in [0.05, 0.1) is 0 Å². The smallest absolute Gasteiger partial charge is 0.177 e. The van der Waals surface area contributed by atoms with Gasteiger partial charge in [0.15, 0.2) is 29.3 Å². The lowest BCUT2D eigenvalue weighted by atomic mass is 10.3. The van der Waals surface area contributed by atoms with E-state index in [4.69, 9.17) is 13.3 Å². The average Bonchev–Trinajstić information content (AvgIpc) is 2.43. The minimum atomic E-state index is -0.491. The topological polar surface area (TPSA) is 30.9 Å². The van der Waals surface area contributed by atoms with Crippen molar-refractivity contribution < 1.29 is 13.3 Å². The Balaban J connectivity index is 5.04. The van der Waals surface area contributed by atoms with Crippen molar-refractivity contribution in [2.24, 2.45) is 0 Å². The van der Waals surface area contributed by atoms with Gasteiger partial charge in [-0.2, -0.15) is 0 Å². The molecule has 0 rings (SSSR count). The molecule has 0 saturated heterocycles. The molecule has 0 radical (unpaired) electrons. The summed E-state index contributed by atoms with van der Waals surface area (Å²) >= 11 is 0. The maximum atomic E-state index is 5.57. The standard InChI is InChI=1S/C12H33NO3Si3/c1-7-10(17-14-4)13(11(8-2)18-15-5)12(9-3)19-16-6/h10-12H,7-9,17-19H2,1-6H3. The number of hydrogen-bond donors (Lipinski definition) is 0. The lowest BCUT2D eigenvalue weighted by Gasteiger charge is -2.41. The van der Waals surface area contributed by atoms with Crippen LogP contribution < -0.4 is 0 Å². The molecule has 116 valence electrons. The van der Waals surface area contributed by atoms with E-state index < -0.39 is 29.3 Å². The van der Waals surface area contributed by atoms with Crippen molar-refractivity contribution in [3.8, 4) is 0 Å². The van der Waals surface area contributed by atoms with Crippen molar-refractivity contribution >= 4 is 29.3 Å². The van der Waals surface area contributed by atoms with Gasteiger partial charge in [0.2, 0.25) is 0 Å². The van der Waals surface area contributed by atoms with Gasteiger partial charge < -0.3 is 13.3 Å². The minimum Gasteiger partial charge on any atom is -0.426 e. The second-order valence-electron chi connectivity index (χ2n) is 5.00. The van der Waals surface area contributed by atoms with Gasteiger partial charge in [-0.1, -0.05) is 20.8 Å². The highest BCUT2D eigenvalue weighted by Crippen LogP contribution is 2.17. The van der Waals surface area contributed by atoms with E-state index in [0.717, 1.165) is 0 Å². The molecule has 0 aliphatic rings. The third-order valence-corrected chi connectivity index (χ3v) is 8.91. The molecule has 4 nitrogen and oxygen atoms in total. The minimum absolute atomic E-state index is 0.491. The Kier molecular flexibility index (Phi) is 12.6. The van der Waals surface area contributed by atoms with E-state index in [1.54, 1.807) is 0 Å². The molecule has 0 saturated carbocycles. The maximum absolute atomic E-state index is 5.57. The molecule has 0 bridgehead atoms. The molecule has 3 unspecified atom stereocenters. The van der Waals surface area contributed by atoms with Crippen molar-refractivity contribution in [3.05, 3.63) is 0 Å². The van der Waals surface area contributed by atoms with Gasteiger partial charge in [-0.05, 0) is 19.3 Å². The van der Waals surface area contributed by atoms with E-state index in [-0.39, 0.29) is 0 Å². The van der Waals surface area contributed by atoms with Crippen molar-refractivity contribution in [1.82, 2.24) is 4.90 Å². The third kappa shape index (κ3) is 6.65. The number of hydrogen-bond acceptors (Lipinski definition) is 4. The lowest BCUT2D eigenvalue weighted by Crippen LogP contribution is -2.56. The normalized spacial score (nSPS) is 18.5. The molecule has 3 atom stereocenters. The van der Waals surface area contributed by atoms with E-state index in [1.165, 1.54) is 19.3 Å². The highest BCUT2D eigenvalue weighted by molar-refractivity contribution is 6.34. The zero-order chi connectivity index (χ0) is 14.7. The van der Waals surface area contributed by atoms with Crippen LogP contribution in [-0.4, -0.2) is 72.5 Å². The van der Waals surface area contributed by atoms with Crippen LogP contribution in [0.4, 0.5) is 0 Å². The van der Waals surface area contributed by atoms with Crippen molar-refractivity contribution in [2.75, 3.05) is 21.3 Å². The second kappa shape index (κ2) is 12.2. The Hall–Kier alpha value is 0.491. The Labute approximate surface area is 126 Å². The fourth-order valence-corrected chi connectivity index (χ4v) is 7.78. The molecule has 0 aliphatic heterocycles. The lowest BCUT2D eigenvalue weighted by molar-refractivity contribution is 0.159. The van der Waals surface area contributed by atoms with Gasteiger partial charge in [-0.25, -0.2) is 0 Å². The first kappa shape index (κ1) is 19.5. The van der Waals surface area contributed by atoms with Gasteiger partial charge >= 0.3 is 0 Å². The van der Waals surface area contributed by atoms with Crippen molar-refractivity contribution in [1.29, 1.82) is 0 Å². The molecule has 0 heterocycles. The maximum Gasteiger partial charge on any atom is 0.177 e. The summed E-state index contributed by atoms with van der Waals surface area (Å²) in [6.07, 6.45) is 3.55. The van der Waals surface area contributed by atoms with E-state index in [1.807, 2.05) is 21.3 Å². The first-order valence-corrected chi connectivity index (χ1v) is 11.6. The number of rotatable bonds is 12. The van der Waals surface area contributed by atoms with E-state index in [2.05, 4.69) is 25.7 Å². The molecule has 0 fully saturated rings. The molecule has 0 aliphatic carbocycles. The van der Waals surface area contributed by atoms with Crippen LogP contribution in [0.2, 0.25) is 0 Å². The first-order valence-electron chi connectivity index (χ1n) is 7.44. The quantitative estimate of drug-likeness (QED) is 0.461. The Morgan fingerprint density at radius 1 is 0.684 bits per heavy atom. The van der Waals surface area contributed by atoms with Crippen molar-refractivity contribution in [2.45, 2.75) is 57.0 Å². The molecule has 0 spiro atoms. The highest BCUT2D eigenvalue weighted by atomic mass is 28.2. The van der Waals surface area contributed by atoms with Gasteiger partial charge in [0, 0.05) is 38.3 Å². The second-order valence-corrected chi connectivity index (χ2v) is 10.6. The summed E-state index contributed by atoms with van der Waals surface area (Å²) in [4.78, 5) is 2.74. The predicted octanol–water partition coefficient (Wildman–Crippen LogP) is -0.313. The van der Waals surface area contributed by atoms with Crippen LogP contribution >= 0.6 is 0 Å². The molecular weight excluding hydrogens is 290 g/mol. The van der Waals surface area contributed by atoms with Crippen LogP contribution in [0.5, 0.6) is 0 Å². The fourth-order valence-electron chi connectivity index (χ4n) is 2.72. The highest BCUT2D eigenvalue weighted by Gasteiger charge is 2.31. The van der Waals surface area contributed by atoms with Crippen LogP contribution in [0.3, 0.4) is 0 Å². The Morgan fingerprint density at radius 3 is 1.11 bits per heavy atom. The Morgan fingerprint density at radius 2 is 0.947 bits per heavy atom. The molecule has 7 heteroatoms.